The Balaban J connectivity index is 1.77. The fourth-order valence-electron chi connectivity index (χ4n) is 2.15. The van der Waals surface area contributed by atoms with E-state index in [-0.39, 0.29) is 0 Å². The molecule has 1 aromatic heterocycles. The molecule has 2 N–H and O–H groups in total. The number of methoxy groups -OCH3 is 1. The second kappa shape index (κ2) is 6.12. The molecule has 0 aromatic carbocycles. The number of β-amino-alcohol motifs (C(OH)–C–C–N with tert-alkyl or cyclic N) is 1. The Morgan fingerprint density at radius 1 is 1.39 bits per heavy atom. The third-order valence-electron chi connectivity index (χ3n) is 3.07. The zero-order chi connectivity index (χ0) is 13.0. The Bertz CT molecular complexity index is 362. The van der Waals surface area contributed by atoms with E-state index in [1.807, 2.05) is 6.92 Å². The number of anilines is 1. The molecule has 0 amide bonds. The number of ether oxygens (including phenoxy) is 1. The number of aromatic amines is 1. The van der Waals surface area contributed by atoms with Crippen LogP contribution in [0.1, 0.15) is 5.82 Å². The number of aliphatic hydroxyl groups is 1. The minimum Gasteiger partial charge on any atom is -0.389 e. The molecule has 7 nitrogen and oxygen atoms in total. The zero-order valence-electron chi connectivity index (χ0n) is 11.0. The van der Waals surface area contributed by atoms with Crippen LogP contribution >= 0.6 is 0 Å². The average Bonchev–Trinajstić information content (AvgIpc) is 2.77. The lowest BCUT2D eigenvalue weighted by Gasteiger charge is -2.34. The van der Waals surface area contributed by atoms with Gasteiger partial charge in [-0.25, -0.2) is 0 Å². The molecule has 18 heavy (non-hydrogen) atoms. The molecule has 1 atom stereocenters. The molecule has 7 heteroatoms. The number of piperazine rings is 1. The van der Waals surface area contributed by atoms with Gasteiger partial charge in [-0.1, -0.05) is 0 Å². The van der Waals surface area contributed by atoms with Crippen molar-refractivity contribution in [3.8, 4) is 0 Å². The minimum atomic E-state index is -0.410. The summed E-state index contributed by atoms with van der Waals surface area (Å²) in [6.07, 6.45) is -0.410. The fraction of sp³-hybridized carbons (Fsp3) is 0.818. The highest BCUT2D eigenvalue weighted by molar-refractivity contribution is 5.29. The quantitative estimate of drug-likeness (QED) is 0.720. The van der Waals surface area contributed by atoms with Crippen molar-refractivity contribution < 1.29 is 9.84 Å². The van der Waals surface area contributed by atoms with Gasteiger partial charge in [0.15, 0.2) is 0 Å². The van der Waals surface area contributed by atoms with Gasteiger partial charge in [-0.15, -0.1) is 5.10 Å². The van der Waals surface area contributed by atoms with Gasteiger partial charge in [-0.3, -0.25) is 10.00 Å². The Hall–Kier alpha value is -1.18. The van der Waals surface area contributed by atoms with E-state index in [0.29, 0.717) is 13.2 Å². The van der Waals surface area contributed by atoms with Crippen molar-refractivity contribution in [2.45, 2.75) is 13.0 Å². The second-order valence-corrected chi connectivity index (χ2v) is 4.62. The molecule has 2 rings (SSSR count). The summed E-state index contributed by atoms with van der Waals surface area (Å²) in [6.45, 7) is 6.54. The monoisotopic (exact) mass is 255 g/mol. The molecule has 1 fully saturated rings. The maximum Gasteiger partial charge on any atom is 0.244 e. The summed E-state index contributed by atoms with van der Waals surface area (Å²) >= 11 is 0. The van der Waals surface area contributed by atoms with Gasteiger partial charge in [-0.2, -0.15) is 4.98 Å². The van der Waals surface area contributed by atoms with Crippen molar-refractivity contribution in [1.29, 1.82) is 0 Å². The maximum absolute atomic E-state index is 9.68. The van der Waals surface area contributed by atoms with E-state index in [1.165, 1.54) is 0 Å². The van der Waals surface area contributed by atoms with Crippen LogP contribution in [0.2, 0.25) is 0 Å². The van der Waals surface area contributed by atoms with Crippen molar-refractivity contribution in [1.82, 2.24) is 20.1 Å². The van der Waals surface area contributed by atoms with E-state index in [1.54, 1.807) is 7.11 Å². The lowest BCUT2D eigenvalue weighted by atomic mass is 10.3. The molecule has 0 saturated carbocycles. The number of nitrogens with one attached hydrogen (secondary N) is 1. The molecule has 102 valence electrons. The number of H-pyrrole nitrogens is 1. The third-order valence-corrected chi connectivity index (χ3v) is 3.07. The third kappa shape index (κ3) is 3.41. The molecule has 0 spiro atoms. The molecular formula is C11H21N5O2. The van der Waals surface area contributed by atoms with Gasteiger partial charge in [-0.05, 0) is 6.92 Å². The highest BCUT2D eigenvalue weighted by Gasteiger charge is 2.21. The van der Waals surface area contributed by atoms with Crippen LogP contribution < -0.4 is 4.90 Å². The second-order valence-electron chi connectivity index (χ2n) is 4.62. The number of hydrogen-bond acceptors (Lipinski definition) is 6. The van der Waals surface area contributed by atoms with Crippen LogP contribution in [0.15, 0.2) is 0 Å². The number of hydrogen-bond donors (Lipinski definition) is 2. The van der Waals surface area contributed by atoms with Gasteiger partial charge < -0.3 is 14.7 Å². The van der Waals surface area contributed by atoms with Gasteiger partial charge in [0, 0.05) is 39.8 Å². The van der Waals surface area contributed by atoms with Crippen LogP contribution in [-0.2, 0) is 4.74 Å². The molecule has 0 bridgehead atoms. The average molecular weight is 255 g/mol. The van der Waals surface area contributed by atoms with Crippen molar-refractivity contribution >= 4 is 5.95 Å². The largest absolute Gasteiger partial charge is 0.389 e. The number of nitrogens with zero attached hydrogens (tertiary/aromatic N) is 4. The number of aryl methyl sites for hydroxylation is 1. The molecule has 1 saturated heterocycles. The molecule has 0 radical (unpaired) electrons. The van der Waals surface area contributed by atoms with Gasteiger partial charge >= 0.3 is 0 Å². The summed E-state index contributed by atoms with van der Waals surface area (Å²) in [6, 6.07) is 0. The van der Waals surface area contributed by atoms with E-state index in [4.69, 9.17) is 4.74 Å². The molecule has 2 heterocycles. The van der Waals surface area contributed by atoms with Crippen LogP contribution in [0.25, 0.3) is 0 Å². The Morgan fingerprint density at radius 2 is 2.11 bits per heavy atom. The molecule has 0 unspecified atom stereocenters. The molecule has 1 aliphatic heterocycles. The first kappa shape index (κ1) is 13.3. The Morgan fingerprint density at radius 3 is 2.67 bits per heavy atom. The molecule has 1 aromatic rings. The summed E-state index contributed by atoms with van der Waals surface area (Å²) in [5.74, 6) is 1.60. The SMILES string of the molecule is COC[C@@H](O)CN1CCN(c2n[nH]c(C)n2)CC1. The van der Waals surface area contributed by atoms with Crippen molar-refractivity contribution in [3.05, 3.63) is 5.82 Å². The van der Waals surface area contributed by atoms with E-state index in [9.17, 15) is 5.11 Å². The van der Waals surface area contributed by atoms with Gasteiger partial charge in [0.05, 0.1) is 12.7 Å². The van der Waals surface area contributed by atoms with Crippen LogP contribution in [0, 0.1) is 6.92 Å². The van der Waals surface area contributed by atoms with E-state index >= 15 is 0 Å². The first-order chi connectivity index (χ1) is 8.69. The standard InChI is InChI=1S/C11H21N5O2/c1-9-12-11(14-13-9)16-5-3-15(4-6-16)7-10(17)8-18-2/h10,17H,3-8H2,1-2H3,(H,12,13,14)/t10-/m0/s1. The number of aromatic nitrogens is 3. The van der Waals surface area contributed by atoms with E-state index in [2.05, 4.69) is 25.0 Å². The summed E-state index contributed by atoms with van der Waals surface area (Å²) in [5.41, 5.74) is 0. The summed E-state index contributed by atoms with van der Waals surface area (Å²) in [4.78, 5) is 8.71. The lowest BCUT2D eigenvalue weighted by Crippen LogP contribution is -2.49. The summed E-state index contributed by atoms with van der Waals surface area (Å²) in [7, 11) is 1.60. The Kier molecular flexibility index (Phi) is 4.51. The molecule has 0 aliphatic carbocycles. The Labute approximate surface area is 107 Å². The van der Waals surface area contributed by atoms with Crippen LogP contribution in [0.3, 0.4) is 0 Å². The zero-order valence-corrected chi connectivity index (χ0v) is 11.0. The number of aliphatic hydroxyl groups excluding tert-OH is 1. The fourth-order valence-corrected chi connectivity index (χ4v) is 2.15. The van der Waals surface area contributed by atoms with Gasteiger partial charge in [0.25, 0.3) is 0 Å². The summed E-state index contributed by atoms with van der Waals surface area (Å²) in [5, 5.41) is 16.7. The van der Waals surface area contributed by atoms with Gasteiger partial charge in [0.2, 0.25) is 5.95 Å². The van der Waals surface area contributed by atoms with E-state index in [0.717, 1.165) is 38.0 Å². The highest BCUT2D eigenvalue weighted by atomic mass is 16.5. The molecule has 1 aliphatic rings. The first-order valence-corrected chi connectivity index (χ1v) is 6.22. The van der Waals surface area contributed by atoms with Crippen molar-refractivity contribution in [2.24, 2.45) is 0 Å². The predicted octanol–water partition coefficient (Wildman–Crippen LogP) is -0.758. The van der Waals surface area contributed by atoms with Crippen molar-refractivity contribution in [2.75, 3.05) is 51.3 Å². The lowest BCUT2D eigenvalue weighted by molar-refractivity contribution is 0.0364. The topological polar surface area (TPSA) is 77.5 Å². The van der Waals surface area contributed by atoms with Crippen LogP contribution in [0.5, 0.6) is 0 Å². The number of rotatable bonds is 5. The maximum atomic E-state index is 9.68. The van der Waals surface area contributed by atoms with Crippen LogP contribution in [0.4, 0.5) is 5.95 Å². The smallest absolute Gasteiger partial charge is 0.244 e. The molecular weight excluding hydrogens is 234 g/mol. The predicted molar refractivity (Wildman–Crippen MR) is 67.7 cm³/mol. The van der Waals surface area contributed by atoms with Gasteiger partial charge in [0.1, 0.15) is 5.82 Å². The van der Waals surface area contributed by atoms with Crippen LogP contribution in [-0.4, -0.2) is 77.7 Å². The highest BCUT2D eigenvalue weighted by Crippen LogP contribution is 2.10. The minimum absolute atomic E-state index is 0.389. The normalized spacial score (nSPS) is 19.2. The van der Waals surface area contributed by atoms with Crippen molar-refractivity contribution in [3.63, 3.8) is 0 Å². The summed E-state index contributed by atoms with van der Waals surface area (Å²) < 4.78 is 4.93. The van der Waals surface area contributed by atoms with E-state index < -0.39 is 6.10 Å². The first-order valence-electron chi connectivity index (χ1n) is 6.22.